The van der Waals surface area contributed by atoms with Crippen LogP contribution in [0.15, 0.2) is 47.4 Å². The molecule has 110 valence electrons. The third kappa shape index (κ3) is 3.46. The molecule has 0 aliphatic carbocycles. The third-order valence-electron chi connectivity index (χ3n) is 3.25. The number of fused-ring (bicyclic) bond motifs is 1. The fraction of sp³-hybridized carbons (Fsp3) is 0.250. The minimum Gasteiger partial charge on any atom is -0.486 e. The van der Waals surface area contributed by atoms with Crippen molar-refractivity contribution < 1.29 is 9.47 Å². The second-order valence-electron chi connectivity index (χ2n) is 4.70. The summed E-state index contributed by atoms with van der Waals surface area (Å²) in [5.74, 6) is 1.61. The summed E-state index contributed by atoms with van der Waals surface area (Å²) in [7, 11) is 0. The Kier molecular flexibility index (Phi) is 4.58. The summed E-state index contributed by atoms with van der Waals surface area (Å²) in [6.07, 6.45) is 0. The van der Waals surface area contributed by atoms with Gasteiger partial charge in [-0.2, -0.15) is 0 Å². The highest BCUT2D eigenvalue weighted by atomic mass is 35.5. The molecule has 0 amide bonds. The lowest BCUT2D eigenvalue weighted by molar-refractivity contribution is 0.171. The predicted molar refractivity (Wildman–Crippen MR) is 86.5 cm³/mol. The average Bonchev–Trinajstić information content (AvgIpc) is 2.53. The average molecular weight is 322 g/mol. The Balaban J connectivity index is 1.79. The van der Waals surface area contributed by atoms with Crippen LogP contribution in [-0.2, 0) is 0 Å². The lowest BCUT2D eigenvalue weighted by atomic mass is 10.1. The molecule has 21 heavy (non-hydrogen) atoms. The molecular formula is C16H16ClNO2S. The van der Waals surface area contributed by atoms with Crippen molar-refractivity contribution in [1.82, 2.24) is 0 Å². The van der Waals surface area contributed by atoms with E-state index in [1.54, 1.807) is 11.8 Å². The molecular weight excluding hydrogens is 306 g/mol. The number of benzene rings is 2. The van der Waals surface area contributed by atoms with Crippen molar-refractivity contribution in [3.8, 4) is 11.5 Å². The van der Waals surface area contributed by atoms with Crippen LogP contribution in [0.2, 0.25) is 5.02 Å². The smallest absolute Gasteiger partial charge is 0.162 e. The summed E-state index contributed by atoms with van der Waals surface area (Å²) in [6, 6.07) is 13.8. The SMILES string of the molecule is NCC(Sc1ccc2c(c1)OCCO2)c1ccc(Cl)cc1. The number of halogens is 1. The molecule has 2 aromatic carbocycles. The lowest BCUT2D eigenvalue weighted by Gasteiger charge is -2.20. The van der Waals surface area contributed by atoms with Crippen molar-refractivity contribution in [3.63, 3.8) is 0 Å². The first kappa shape index (κ1) is 14.6. The molecule has 5 heteroatoms. The molecule has 0 spiro atoms. The zero-order chi connectivity index (χ0) is 14.7. The Morgan fingerprint density at radius 1 is 1.05 bits per heavy atom. The summed E-state index contributed by atoms with van der Waals surface area (Å²) in [4.78, 5) is 1.12. The Morgan fingerprint density at radius 3 is 2.48 bits per heavy atom. The molecule has 0 bridgehead atoms. The number of rotatable bonds is 4. The fourth-order valence-corrected chi connectivity index (χ4v) is 3.36. The number of thioether (sulfide) groups is 1. The first-order valence-electron chi connectivity index (χ1n) is 6.78. The van der Waals surface area contributed by atoms with Gasteiger partial charge in [0.25, 0.3) is 0 Å². The van der Waals surface area contributed by atoms with Crippen LogP contribution < -0.4 is 15.2 Å². The van der Waals surface area contributed by atoms with Crippen molar-refractivity contribution in [2.45, 2.75) is 10.1 Å². The van der Waals surface area contributed by atoms with Gasteiger partial charge < -0.3 is 15.2 Å². The molecule has 3 nitrogen and oxygen atoms in total. The van der Waals surface area contributed by atoms with Crippen LogP contribution in [0.1, 0.15) is 10.8 Å². The van der Waals surface area contributed by atoms with Gasteiger partial charge in [-0.3, -0.25) is 0 Å². The van der Waals surface area contributed by atoms with Crippen LogP contribution in [0.5, 0.6) is 11.5 Å². The van der Waals surface area contributed by atoms with Crippen LogP contribution >= 0.6 is 23.4 Å². The molecule has 1 atom stereocenters. The molecule has 0 aromatic heterocycles. The highest BCUT2D eigenvalue weighted by Crippen LogP contribution is 2.39. The zero-order valence-corrected chi connectivity index (χ0v) is 13.0. The van der Waals surface area contributed by atoms with Gasteiger partial charge in [0.1, 0.15) is 13.2 Å². The number of nitrogens with two attached hydrogens (primary N) is 1. The largest absolute Gasteiger partial charge is 0.486 e. The van der Waals surface area contributed by atoms with Gasteiger partial charge in [-0.15, -0.1) is 11.8 Å². The van der Waals surface area contributed by atoms with E-state index in [0.29, 0.717) is 19.8 Å². The van der Waals surface area contributed by atoms with E-state index in [4.69, 9.17) is 26.8 Å². The molecule has 0 saturated carbocycles. The molecule has 1 aliphatic rings. The van der Waals surface area contributed by atoms with E-state index >= 15 is 0 Å². The summed E-state index contributed by atoms with van der Waals surface area (Å²) in [5.41, 5.74) is 7.09. The first-order valence-corrected chi connectivity index (χ1v) is 8.04. The predicted octanol–water partition coefficient (Wildman–Crippen LogP) is 3.90. The lowest BCUT2D eigenvalue weighted by Crippen LogP contribution is -2.15. The molecule has 0 fully saturated rings. The van der Waals surface area contributed by atoms with Crippen molar-refractivity contribution in [2.24, 2.45) is 5.73 Å². The number of hydrogen-bond acceptors (Lipinski definition) is 4. The maximum absolute atomic E-state index is 5.93. The molecule has 0 radical (unpaired) electrons. The topological polar surface area (TPSA) is 44.5 Å². The number of hydrogen-bond donors (Lipinski definition) is 1. The van der Waals surface area contributed by atoms with E-state index in [0.717, 1.165) is 21.4 Å². The van der Waals surface area contributed by atoms with E-state index < -0.39 is 0 Å². The second-order valence-corrected chi connectivity index (χ2v) is 6.41. The van der Waals surface area contributed by atoms with Gasteiger partial charge in [-0.1, -0.05) is 23.7 Å². The fourth-order valence-electron chi connectivity index (χ4n) is 2.19. The third-order valence-corrected chi connectivity index (χ3v) is 4.78. The summed E-state index contributed by atoms with van der Waals surface area (Å²) < 4.78 is 11.1. The van der Waals surface area contributed by atoms with Crippen molar-refractivity contribution in [1.29, 1.82) is 0 Å². The van der Waals surface area contributed by atoms with E-state index in [9.17, 15) is 0 Å². The monoisotopic (exact) mass is 321 g/mol. The minimum atomic E-state index is 0.185. The highest BCUT2D eigenvalue weighted by molar-refractivity contribution is 7.99. The van der Waals surface area contributed by atoms with Crippen LogP contribution in [-0.4, -0.2) is 19.8 Å². The van der Waals surface area contributed by atoms with E-state index in [1.165, 1.54) is 5.56 Å². The summed E-state index contributed by atoms with van der Waals surface area (Å²) >= 11 is 7.65. The zero-order valence-electron chi connectivity index (χ0n) is 11.4. The summed E-state index contributed by atoms with van der Waals surface area (Å²) in [6.45, 7) is 1.76. The Morgan fingerprint density at radius 2 is 1.76 bits per heavy atom. The first-order chi connectivity index (χ1) is 10.3. The molecule has 2 aromatic rings. The van der Waals surface area contributed by atoms with Gasteiger partial charge in [0.05, 0.1) is 0 Å². The number of ether oxygens (including phenoxy) is 2. The van der Waals surface area contributed by atoms with E-state index in [1.807, 2.05) is 42.5 Å². The summed E-state index contributed by atoms with van der Waals surface area (Å²) in [5, 5.41) is 0.920. The van der Waals surface area contributed by atoms with Crippen molar-refractivity contribution in [2.75, 3.05) is 19.8 Å². The van der Waals surface area contributed by atoms with Gasteiger partial charge >= 0.3 is 0 Å². The highest BCUT2D eigenvalue weighted by Gasteiger charge is 2.15. The van der Waals surface area contributed by atoms with Crippen LogP contribution in [0.3, 0.4) is 0 Å². The molecule has 1 heterocycles. The van der Waals surface area contributed by atoms with Gasteiger partial charge in [0.15, 0.2) is 11.5 Å². The Hall–Kier alpha value is -1.36. The molecule has 2 N–H and O–H groups in total. The molecule has 1 unspecified atom stereocenters. The molecule has 0 saturated heterocycles. The van der Waals surface area contributed by atoms with Crippen molar-refractivity contribution >= 4 is 23.4 Å². The van der Waals surface area contributed by atoms with E-state index in [-0.39, 0.29) is 5.25 Å². The Labute approximate surface area is 133 Å². The Bertz CT molecular complexity index is 618. The van der Waals surface area contributed by atoms with Crippen molar-refractivity contribution in [3.05, 3.63) is 53.1 Å². The van der Waals surface area contributed by atoms with Crippen LogP contribution in [0.4, 0.5) is 0 Å². The van der Waals surface area contributed by atoms with Gasteiger partial charge in [0, 0.05) is 21.7 Å². The maximum atomic E-state index is 5.93. The van der Waals surface area contributed by atoms with Crippen LogP contribution in [0, 0.1) is 0 Å². The minimum absolute atomic E-state index is 0.185. The van der Waals surface area contributed by atoms with Gasteiger partial charge in [0.2, 0.25) is 0 Å². The van der Waals surface area contributed by atoms with Crippen LogP contribution in [0.25, 0.3) is 0 Å². The second kappa shape index (κ2) is 6.60. The molecule has 3 rings (SSSR count). The van der Waals surface area contributed by atoms with Gasteiger partial charge in [-0.25, -0.2) is 0 Å². The molecule has 1 aliphatic heterocycles. The maximum Gasteiger partial charge on any atom is 0.162 e. The van der Waals surface area contributed by atoms with E-state index in [2.05, 4.69) is 0 Å². The quantitative estimate of drug-likeness (QED) is 0.867. The standard InChI is InChI=1S/C16H16ClNO2S/c17-12-3-1-11(2-4-12)16(10-18)21-13-5-6-14-15(9-13)20-8-7-19-14/h1-6,9,16H,7-8,10,18H2. The normalized spacial score (nSPS) is 14.8. The van der Waals surface area contributed by atoms with Gasteiger partial charge in [-0.05, 0) is 35.9 Å².